The second kappa shape index (κ2) is 9.56. The van der Waals surface area contributed by atoms with E-state index in [1.807, 2.05) is 0 Å². The number of benzene rings is 2. The Labute approximate surface area is 204 Å². The van der Waals surface area contributed by atoms with Gasteiger partial charge in [-0.25, -0.2) is 4.79 Å². The van der Waals surface area contributed by atoms with Gasteiger partial charge in [-0.3, -0.25) is 4.90 Å². The topological polar surface area (TPSA) is 41.6 Å². The van der Waals surface area contributed by atoms with Crippen molar-refractivity contribution in [2.75, 3.05) is 12.4 Å². The molecule has 0 spiro atoms. The molecule has 4 nitrogen and oxygen atoms in total. The van der Waals surface area contributed by atoms with Crippen molar-refractivity contribution in [3.63, 3.8) is 0 Å². The monoisotopic (exact) mass is 548 g/mol. The van der Waals surface area contributed by atoms with E-state index >= 15 is 0 Å². The lowest BCUT2D eigenvalue weighted by Gasteiger charge is -2.38. The fraction of sp³-hybridized carbons (Fsp3) is 0.409. The quantitative estimate of drug-likeness (QED) is 0.396. The van der Waals surface area contributed by atoms with Crippen molar-refractivity contribution >= 4 is 23.4 Å². The van der Waals surface area contributed by atoms with Crippen LogP contribution in [0.3, 0.4) is 0 Å². The Morgan fingerprint density at radius 2 is 1.53 bits per heavy atom. The van der Waals surface area contributed by atoms with Gasteiger partial charge in [0.25, 0.3) is 0 Å². The van der Waals surface area contributed by atoms with Crippen molar-refractivity contribution in [3.8, 4) is 0 Å². The summed E-state index contributed by atoms with van der Waals surface area (Å²) in [6, 6.07) is 0.990. The Balaban J connectivity index is 2.13. The van der Waals surface area contributed by atoms with E-state index in [9.17, 15) is 44.3 Å². The molecule has 1 N–H and O–H groups in total. The highest BCUT2D eigenvalue weighted by atomic mass is 35.5. The molecule has 0 bridgehead atoms. The molecule has 198 valence electrons. The van der Waals surface area contributed by atoms with Crippen molar-refractivity contribution in [1.29, 1.82) is 0 Å². The number of carbonyl (C=O) groups excluding carboxylic acids is 1. The van der Waals surface area contributed by atoms with Gasteiger partial charge >= 0.3 is 24.6 Å². The molecule has 14 heteroatoms. The van der Waals surface area contributed by atoms with Crippen molar-refractivity contribution < 1.29 is 49.0 Å². The molecule has 1 aliphatic heterocycles. The predicted molar refractivity (Wildman–Crippen MR) is 111 cm³/mol. The summed E-state index contributed by atoms with van der Waals surface area (Å²) < 4.78 is 124. The number of alkyl halides is 9. The van der Waals surface area contributed by atoms with Crippen molar-refractivity contribution in [2.45, 2.75) is 50.5 Å². The molecular formula is C22H18ClF9N2O2. The van der Waals surface area contributed by atoms with Gasteiger partial charge in [0.1, 0.15) is 0 Å². The number of fused-ring (bicyclic) bond motifs is 1. The average molecular weight is 549 g/mol. The Hall–Kier alpha value is -2.83. The number of nitrogens with one attached hydrogen (secondary N) is 1. The van der Waals surface area contributed by atoms with E-state index in [-0.39, 0.29) is 23.7 Å². The smallest absolute Gasteiger partial charge is 0.417 e. The molecule has 0 aromatic heterocycles. The number of halogens is 10. The van der Waals surface area contributed by atoms with Crippen molar-refractivity contribution in [1.82, 2.24) is 4.90 Å². The molecule has 0 fully saturated rings. The number of carbonyl (C=O) groups is 1. The number of ether oxygens (including phenoxy) is 1. The van der Waals surface area contributed by atoms with E-state index in [2.05, 4.69) is 5.32 Å². The molecule has 36 heavy (non-hydrogen) atoms. The van der Waals surface area contributed by atoms with Crippen LogP contribution in [0.2, 0.25) is 5.02 Å². The SMILES string of the molecule is COC(=O)N(Cc1cc(C(F)(F)F)cc(C(F)(F)F)c1)[C@@H]1C[C@H](C)Nc2cc(C(F)(F)F)c(Cl)cc21. The summed E-state index contributed by atoms with van der Waals surface area (Å²) >= 11 is 5.84. The van der Waals surface area contributed by atoms with Crippen LogP contribution in [0.1, 0.15) is 47.2 Å². The van der Waals surface area contributed by atoms with Gasteiger partial charge in [-0.05, 0) is 54.8 Å². The standard InChI is InChI=1S/C22H18ClF9N2O2/c1-10-3-18(14-7-16(23)15(22(30,31)32)8-17(14)33-10)34(19(35)36-2)9-11-4-12(20(24,25)26)6-13(5-11)21(27,28)29/h4-8,10,18,33H,3,9H2,1-2H3/t10-,18+/m0/s1. The van der Waals surface area contributed by atoms with E-state index in [0.29, 0.717) is 12.1 Å². The van der Waals surface area contributed by atoms with Crippen LogP contribution < -0.4 is 5.32 Å². The normalized spacial score (nSPS) is 18.3. The van der Waals surface area contributed by atoms with Crippen LogP contribution in [0.5, 0.6) is 0 Å². The lowest BCUT2D eigenvalue weighted by Crippen LogP contribution is -2.40. The summed E-state index contributed by atoms with van der Waals surface area (Å²) in [5.74, 6) is 0. The zero-order valence-electron chi connectivity index (χ0n) is 18.5. The van der Waals surface area contributed by atoms with Gasteiger partial charge in [0.15, 0.2) is 0 Å². The lowest BCUT2D eigenvalue weighted by atomic mass is 9.90. The maximum absolute atomic E-state index is 13.3. The molecule has 2 atom stereocenters. The number of hydrogen-bond donors (Lipinski definition) is 1. The Kier molecular flexibility index (Phi) is 7.37. The van der Waals surface area contributed by atoms with E-state index in [1.54, 1.807) is 6.92 Å². The molecule has 2 aromatic carbocycles. The zero-order chi connectivity index (χ0) is 27.2. The molecule has 0 unspecified atom stereocenters. The molecule has 0 saturated carbocycles. The Morgan fingerprint density at radius 3 is 2.00 bits per heavy atom. The minimum absolute atomic E-state index is 0.0376. The van der Waals surface area contributed by atoms with Crippen LogP contribution in [0.15, 0.2) is 30.3 Å². The number of methoxy groups -OCH3 is 1. The summed E-state index contributed by atoms with van der Waals surface area (Å²) in [7, 11) is 0.952. The number of anilines is 1. The Morgan fingerprint density at radius 1 is 0.972 bits per heavy atom. The minimum atomic E-state index is -5.11. The maximum atomic E-state index is 13.3. The van der Waals surface area contributed by atoms with Gasteiger partial charge in [-0.1, -0.05) is 11.6 Å². The third-order valence-corrected chi connectivity index (χ3v) is 5.88. The first-order chi connectivity index (χ1) is 16.4. The number of rotatable bonds is 3. The number of nitrogens with zero attached hydrogens (tertiary/aromatic N) is 1. The average Bonchev–Trinajstić information content (AvgIpc) is 2.74. The third kappa shape index (κ3) is 5.93. The highest BCUT2D eigenvalue weighted by Gasteiger charge is 2.40. The third-order valence-electron chi connectivity index (χ3n) is 5.57. The fourth-order valence-electron chi connectivity index (χ4n) is 4.01. The summed E-state index contributed by atoms with van der Waals surface area (Å²) in [4.78, 5) is 13.5. The zero-order valence-corrected chi connectivity index (χ0v) is 19.3. The van der Waals surface area contributed by atoms with Crippen LogP contribution in [0, 0.1) is 0 Å². The van der Waals surface area contributed by atoms with Gasteiger partial charge in [-0.2, -0.15) is 39.5 Å². The van der Waals surface area contributed by atoms with Gasteiger partial charge in [0.05, 0.1) is 34.9 Å². The summed E-state index contributed by atoms with van der Waals surface area (Å²) in [6.45, 7) is 0.828. The second-order valence-electron chi connectivity index (χ2n) is 8.23. The predicted octanol–water partition coefficient (Wildman–Crippen LogP) is 7.91. The first-order valence-electron chi connectivity index (χ1n) is 10.2. The highest BCUT2D eigenvalue weighted by molar-refractivity contribution is 6.31. The van der Waals surface area contributed by atoms with Crippen LogP contribution in [0.25, 0.3) is 0 Å². The molecule has 0 saturated heterocycles. The molecule has 1 heterocycles. The van der Waals surface area contributed by atoms with Crippen LogP contribution in [0.4, 0.5) is 50.0 Å². The van der Waals surface area contributed by atoms with Crippen molar-refractivity contribution in [3.05, 3.63) is 63.2 Å². The van der Waals surface area contributed by atoms with Gasteiger partial charge < -0.3 is 10.1 Å². The van der Waals surface area contributed by atoms with Crippen LogP contribution in [-0.2, 0) is 29.8 Å². The number of hydrogen-bond acceptors (Lipinski definition) is 3. The van der Waals surface area contributed by atoms with Crippen LogP contribution in [-0.4, -0.2) is 24.1 Å². The van der Waals surface area contributed by atoms with E-state index in [4.69, 9.17) is 16.3 Å². The van der Waals surface area contributed by atoms with E-state index in [0.717, 1.165) is 24.1 Å². The number of amides is 1. The molecule has 0 radical (unpaired) electrons. The van der Waals surface area contributed by atoms with Crippen LogP contribution >= 0.6 is 11.6 Å². The molecule has 1 amide bonds. The fourth-order valence-corrected chi connectivity index (χ4v) is 4.29. The molecular weight excluding hydrogens is 531 g/mol. The largest absolute Gasteiger partial charge is 0.453 e. The summed E-state index contributed by atoms with van der Waals surface area (Å²) in [6.07, 6.45) is -16.1. The van der Waals surface area contributed by atoms with Crippen molar-refractivity contribution in [2.24, 2.45) is 0 Å². The van der Waals surface area contributed by atoms with Gasteiger partial charge in [-0.15, -0.1) is 0 Å². The first-order valence-corrected chi connectivity index (χ1v) is 10.6. The molecule has 2 aromatic rings. The van der Waals surface area contributed by atoms with E-state index < -0.39 is 70.5 Å². The van der Waals surface area contributed by atoms with Gasteiger partial charge in [0.2, 0.25) is 0 Å². The summed E-state index contributed by atoms with van der Waals surface area (Å²) in [5.41, 5.74) is -4.75. The summed E-state index contributed by atoms with van der Waals surface area (Å²) in [5, 5.41) is 2.14. The second-order valence-corrected chi connectivity index (χ2v) is 8.63. The molecule has 0 aliphatic carbocycles. The first kappa shape index (κ1) is 27.8. The van der Waals surface area contributed by atoms with Gasteiger partial charge in [0, 0.05) is 18.3 Å². The van der Waals surface area contributed by atoms with E-state index in [1.165, 1.54) is 0 Å². The lowest BCUT2D eigenvalue weighted by molar-refractivity contribution is -0.143. The minimum Gasteiger partial charge on any atom is -0.453 e. The highest BCUT2D eigenvalue weighted by Crippen LogP contribution is 2.45. The molecule has 3 rings (SSSR count). The maximum Gasteiger partial charge on any atom is 0.417 e. The Bertz CT molecular complexity index is 1110. The molecule has 1 aliphatic rings.